The molecule has 0 aromatic carbocycles. The van der Waals surface area contributed by atoms with Crippen molar-refractivity contribution in [3.63, 3.8) is 0 Å². The highest BCUT2D eigenvalue weighted by Crippen LogP contribution is 2.21. The van der Waals surface area contributed by atoms with Gasteiger partial charge in [0, 0.05) is 19.4 Å². The fourth-order valence-electron chi connectivity index (χ4n) is 2.08. The van der Waals surface area contributed by atoms with Crippen LogP contribution in [0, 0.1) is 0 Å². The van der Waals surface area contributed by atoms with Crippen molar-refractivity contribution in [3.05, 3.63) is 0 Å². The summed E-state index contributed by atoms with van der Waals surface area (Å²) >= 11 is 0. The molecule has 10 heteroatoms. The predicted octanol–water partition coefficient (Wildman–Crippen LogP) is -1.42. The van der Waals surface area contributed by atoms with Crippen molar-refractivity contribution in [2.45, 2.75) is 37.0 Å². The van der Waals surface area contributed by atoms with Crippen molar-refractivity contribution in [1.82, 2.24) is 4.90 Å². The zero-order valence-electron chi connectivity index (χ0n) is 10.6. The number of amides is 1. The molecule has 0 radical (unpaired) electrons. The normalized spacial score (nSPS) is 20.9. The summed E-state index contributed by atoms with van der Waals surface area (Å²) in [5, 5.41) is 21.4. The number of rotatable bonds is 7. The number of carboxylic acid groups (broad SMARTS) is 2. The van der Waals surface area contributed by atoms with Gasteiger partial charge in [0.25, 0.3) is 0 Å². The number of sulfonamides is 1. The SMILES string of the molecule is NS(=O)(=O)C1CC(=O)N(C(CCCC(=O)O)C(=O)O)C1. The van der Waals surface area contributed by atoms with Crippen LogP contribution in [-0.4, -0.2) is 59.2 Å². The topological polar surface area (TPSA) is 155 Å². The molecule has 9 nitrogen and oxygen atoms in total. The van der Waals surface area contributed by atoms with E-state index in [0.29, 0.717) is 0 Å². The highest BCUT2D eigenvalue weighted by Gasteiger charge is 2.41. The zero-order chi connectivity index (χ0) is 15.5. The van der Waals surface area contributed by atoms with Gasteiger partial charge in [-0.1, -0.05) is 0 Å². The Hall–Kier alpha value is -1.68. The average Bonchev–Trinajstić information content (AvgIpc) is 2.65. The summed E-state index contributed by atoms with van der Waals surface area (Å²) in [6.45, 7) is -0.276. The van der Waals surface area contributed by atoms with Crippen LogP contribution in [0.1, 0.15) is 25.7 Å². The molecule has 4 N–H and O–H groups in total. The van der Waals surface area contributed by atoms with Crippen LogP contribution in [0.2, 0.25) is 0 Å². The zero-order valence-corrected chi connectivity index (χ0v) is 11.4. The van der Waals surface area contributed by atoms with Gasteiger partial charge >= 0.3 is 11.9 Å². The largest absolute Gasteiger partial charge is 0.481 e. The Bertz CT molecular complexity index is 516. The highest BCUT2D eigenvalue weighted by molar-refractivity contribution is 7.89. The van der Waals surface area contributed by atoms with E-state index in [2.05, 4.69) is 0 Å². The van der Waals surface area contributed by atoms with Crippen LogP contribution in [0.5, 0.6) is 0 Å². The molecule has 1 saturated heterocycles. The molecule has 0 spiro atoms. The summed E-state index contributed by atoms with van der Waals surface area (Å²) in [5.74, 6) is -2.96. The molecule has 2 atom stereocenters. The molecule has 1 aliphatic heterocycles. The maximum atomic E-state index is 11.7. The number of carbonyl (C=O) groups is 3. The first-order chi connectivity index (χ1) is 9.12. The minimum atomic E-state index is -3.91. The molecule has 1 fully saturated rings. The molecule has 1 heterocycles. The second-order valence-corrected chi connectivity index (χ2v) is 6.45. The van der Waals surface area contributed by atoms with Gasteiger partial charge in [-0.25, -0.2) is 18.4 Å². The second kappa shape index (κ2) is 6.18. The van der Waals surface area contributed by atoms with E-state index in [1.54, 1.807) is 0 Å². The number of nitrogens with zero attached hydrogens (tertiary/aromatic N) is 1. The molecule has 0 aromatic rings. The van der Waals surface area contributed by atoms with Gasteiger partial charge in [0.2, 0.25) is 15.9 Å². The lowest BCUT2D eigenvalue weighted by Crippen LogP contribution is -2.43. The Morgan fingerprint density at radius 3 is 2.40 bits per heavy atom. The third-order valence-electron chi connectivity index (χ3n) is 3.12. The third-order valence-corrected chi connectivity index (χ3v) is 4.36. The van der Waals surface area contributed by atoms with E-state index in [9.17, 15) is 22.8 Å². The summed E-state index contributed by atoms with van der Waals surface area (Å²) in [6.07, 6.45) is -0.535. The molecule has 1 rings (SSSR count). The summed E-state index contributed by atoms with van der Waals surface area (Å²) in [7, 11) is -3.91. The van der Waals surface area contributed by atoms with Gasteiger partial charge in [-0.3, -0.25) is 9.59 Å². The van der Waals surface area contributed by atoms with Gasteiger partial charge in [-0.2, -0.15) is 0 Å². The van der Waals surface area contributed by atoms with E-state index in [-0.39, 0.29) is 32.2 Å². The van der Waals surface area contributed by atoms with Crippen LogP contribution in [0.3, 0.4) is 0 Å². The van der Waals surface area contributed by atoms with Gasteiger partial charge in [0.15, 0.2) is 0 Å². The Morgan fingerprint density at radius 1 is 1.40 bits per heavy atom. The van der Waals surface area contributed by atoms with E-state index in [4.69, 9.17) is 15.4 Å². The van der Waals surface area contributed by atoms with Crippen LogP contribution in [0.25, 0.3) is 0 Å². The molecule has 1 aliphatic rings. The Balaban J connectivity index is 2.75. The smallest absolute Gasteiger partial charge is 0.326 e. The maximum absolute atomic E-state index is 11.7. The minimum Gasteiger partial charge on any atom is -0.481 e. The van der Waals surface area contributed by atoms with Crippen LogP contribution < -0.4 is 5.14 Å². The molecule has 0 aromatic heterocycles. The summed E-state index contributed by atoms with van der Waals surface area (Å²) in [5.41, 5.74) is 0. The molecule has 1 amide bonds. The van der Waals surface area contributed by atoms with E-state index in [1.165, 1.54) is 0 Å². The third kappa shape index (κ3) is 4.17. The van der Waals surface area contributed by atoms with E-state index >= 15 is 0 Å². The maximum Gasteiger partial charge on any atom is 0.326 e. The molecule has 2 unspecified atom stereocenters. The molecular weight excluding hydrogens is 292 g/mol. The second-order valence-electron chi connectivity index (χ2n) is 4.60. The first-order valence-electron chi connectivity index (χ1n) is 5.88. The predicted molar refractivity (Wildman–Crippen MR) is 66.1 cm³/mol. The van der Waals surface area contributed by atoms with Gasteiger partial charge in [0.1, 0.15) is 11.3 Å². The lowest BCUT2D eigenvalue weighted by molar-refractivity contribution is -0.149. The first-order valence-corrected chi connectivity index (χ1v) is 7.49. The van der Waals surface area contributed by atoms with Crippen molar-refractivity contribution in [2.24, 2.45) is 5.14 Å². The van der Waals surface area contributed by atoms with Crippen LogP contribution >= 0.6 is 0 Å². The first kappa shape index (κ1) is 16.4. The standard InChI is InChI=1S/C10H16N2O7S/c11-20(18,19)6-4-8(13)12(5-6)7(10(16)17)2-1-3-9(14)15/h6-7H,1-5H2,(H,14,15)(H,16,17)(H2,11,18,19). The van der Waals surface area contributed by atoms with Crippen molar-refractivity contribution >= 4 is 27.9 Å². The molecule has 0 saturated carbocycles. The van der Waals surface area contributed by atoms with Crippen LogP contribution in [0.15, 0.2) is 0 Å². The summed E-state index contributed by atoms with van der Waals surface area (Å²) in [6, 6.07) is -1.23. The van der Waals surface area contributed by atoms with E-state index in [0.717, 1.165) is 4.90 Å². The molecule has 114 valence electrons. The van der Waals surface area contributed by atoms with E-state index in [1.807, 2.05) is 0 Å². The number of carbonyl (C=O) groups excluding carboxylic acids is 1. The fourth-order valence-corrected chi connectivity index (χ4v) is 2.82. The number of hydrogen-bond acceptors (Lipinski definition) is 5. The van der Waals surface area contributed by atoms with Crippen molar-refractivity contribution in [3.8, 4) is 0 Å². The number of hydrogen-bond donors (Lipinski definition) is 3. The lowest BCUT2D eigenvalue weighted by atomic mass is 10.1. The Morgan fingerprint density at radius 2 is 2.00 bits per heavy atom. The Kier molecular flexibility index (Phi) is 5.06. The van der Waals surface area contributed by atoms with E-state index < -0.39 is 39.2 Å². The quantitative estimate of drug-likeness (QED) is 0.521. The van der Waals surface area contributed by atoms with Crippen LogP contribution in [-0.2, 0) is 24.4 Å². The average molecular weight is 308 g/mol. The summed E-state index contributed by atoms with van der Waals surface area (Å²) in [4.78, 5) is 34.2. The van der Waals surface area contributed by atoms with Gasteiger partial charge in [0.05, 0.1) is 0 Å². The molecule has 20 heavy (non-hydrogen) atoms. The van der Waals surface area contributed by atoms with Crippen LogP contribution in [0.4, 0.5) is 0 Å². The number of primary sulfonamides is 1. The molecule has 0 bridgehead atoms. The highest BCUT2D eigenvalue weighted by atomic mass is 32.2. The van der Waals surface area contributed by atoms with Gasteiger partial charge < -0.3 is 15.1 Å². The van der Waals surface area contributed by atoms with Crippen molar-refractivity contribution < 1.29 is 33.0 Å². The number of nitrogens with two attached hydrogens (primary N) is 1. The number of likely N-dealkylation sites (tertiary alicyclic amines) is 1. The van der Waals surface area contributed by atoms with Crippen molar-refractivity contribution in [1.29, 1.82) is 0 Å². The van der Waals surface area contributed by atoms with Gasteiger partial charge in [-0.15, -0.1) is 0 Å². The lowest BCUT2D eigenvalue weighted by Gasteiger charge is -2.24. The fraction of sp³-hybridized carbons (Fsp3) is 0.700. The van der Waals surface area contributed by atoms with Gasteiger partial charge in [-0.05, 0) is 12.8 Å². The number of aliphatic carboxylic acids is 2. The monoisotopic (exact) mass is 308 g/mol. The number of carboxylic acids is 2. The minimum absolute atomic E-state index is 0.0509. The Labute approximate surface area is 115 Å². The van der Waals surface area contributed by atoms with Crippen molar-refractivity contribution in [2.75, 3.05) is 6.54 Å². The molecular formula is C10H16N2O7S. The summed E-state index contributed by atoms with van der Waals surface area (Å²) < 4.78 is 22.4. The molecule has 0 aliphatic carbocycles.